The number of esters is 1. The van der Waals surface area contributed by atoms with Crippen molar-refractivity contribution in [3.05, 3.63) is 53.6 Å². The number of benzene rings is 1. The normalized spacial score (nSPS) is 34.9. The van der Waals surface area contributed by atoms with Crippen molar-refractivity contribution in [3.8, 4) is 0 Å². The molecule has 1 N–H and O–H groups in total. The number of hydrogen-bond acceptors (Lipinski definition) is 6. The SMILES string of the molecule is CC(C)[C@H](CO)N1C(=O)[C@@H]2[C@H]3C(=O)OCCCC/C=C\[C@@]3(C)S[C@@]23C=CCN(c2ccccc2Cl)C(=O)C13. The van der Waals surface area contributed by atoms with Crippen molar-refractivity contribution < 1.29 is 24.2 Å². The zero-order valence-corrected chi connectivity index (χ0v) is 23.6. The lowest BCUT2D eigenvalue weighted by molar-refractivity contribution is -0.155. The number of likely N-dealkylation sites (tertiary alicyclic amines) is 1. The Bertz CT molecular complexity index is 1190. The van der Waals surface area contributed by atoms with E-state index in [0.29, 0.717) is 17.3 Å². The van der Waals surface area contributed by atoms with Gasteiger partial charge in [0.1, 0.15) is 6.04 Å². The zero-order valence-electron chi connectivity index (χ0n) is 22.0. The highest BCUT2D eigenvalue weighted by Gasteiger charge is 2.74. The van der Waals surface area contributed by atoms with Crippen LogP contribution in [-0.2, 0) is 19.1 Å². The molecule has 4 aliphatic rings. The van der Waals surface area contributed by atoms with Gasteiger partial charge < -0.3 is 19.6 Å². The number of carbonyl (C=O) groups is 3. The summed E-state index contributed by atoms with van der Waals surface area (Å²) in [4.78, 5) is 45.8. The highest BCUT2D eigenvalue weighted by Crippen LogP contribution is 2.65. The van der Waals surface area contributed by atoms with E-state index < -0.39 is 39.4 Å². The van der Waals surface area contributed by atoms with Crippen molar-refractivity contribution in [1.82, 2.24) is 4.90 Å². The maximum Gasteiger partial charge on any atom is 0.311 e. The predicted molar refractivity (Wildman–Crippen MR) is 149 cm³/mol. The zero-order chi connectivity index (χ0) is 27.2. The molecule has 0 aromatic heterocycles. The van der Waals surface area contributed by atoms with Crippen molar-refractivity contribution >= 4 is 46.8 Å². The highest BCUT2D eigenvalue weighted by atomic mass is 35.5. The van der Waals surface area contributed by atoms with E-state index in [2.05, 4.69) is 6.08 Å². The van der Waals surface area contributed by atoms with E-state index in [1.807, 2.05) is 45.1 Å². The molecule has 2 amide bonds. The van der Waals surface area contributed by atoms with Crippen LogP contribution in [0.1, 0.15) is 40.0 Å². The number of carbonyl (C=O) groups excluding carboxylic acids is 3. The minimum atomic E-state index is -1.01. The van der Waals surface area contributed by atoms with E-state index in [1.54, 1.807) is 28.0 Å². The minimum absolute atomic E-state index is 0.110. The molecule has 6 atom stereocenters. The van der Waals surface area contributed by atoms with Gasteiger partial charge in [0.05, 0.1) is 46.5 Å². The Hall–Kier alpha value is -2.29. The molecule has 7 nitrogen and oxygen atoms in total. The average molecular weight is 559 g/mol. The summed E-state index contributed by atoms with van der Waals surface area (Å²) in [5.74, 6) is -2.64. The van der Waals surface area contributed by atoms with Crippen LogP contribution in [0.2, 0.25) is 5.02 Å². The van der Waals surface area contributed by atoms with E-state index >= 15 is 0 Å². The molecule has 0 radical (unpaired) electrons. The Labute approximate surface area is 233 Å². The molecule has 0 aliphatic carbocycles. The first-order valence-corrected chi connectivity index (χ1v) is 14.6. The number of aliphatic hydroxyl groups is 1. The minimum Gasteiger partial charge on any atom is -0.465 e. The summed E-state index contributed by atoms with van der Waals surface area (Å²) < 4.78 is 3.97. The molecule has 1 aromatic rings. The molecular formula is C29H35ClN2O5S. The number of hydrogen-bond donors (Lipinski definition) is 1. The van der Waals surface area contributed by atoms with Crippen LogP contribution >= 0.6 is 23.4 Å². The summed E-state index contributed by atoms with van der Waals surface area (Å²) in [6.07, 6.45) is 10.5. The molecule has 4 aliphatic heterocycles. The van der Waals surface area contributed by atoms with Gasteiger partial charge in [-0.15, -0.1) is 11.8 Å². The summed E-state index contributed by atoms with van der Waals surface area (Å²) >= 11 is 8.04. The lowest BCUT2D eigenvalue weighted by Crippen LogP contribution is -2.58. The number of ether oxygens (including phenoxy) is 1. The Morgan fingerprint density at radius 1 is 1.11 bits per heavy atom. The van der Waals surface area contributed by atoms with Gasteiger partial charge in [0.15, 0.2) is 0 Å². The number of amides is 2. The van der Waals surface area contributed by atoms with Crippen LogP contribution in [0.3, 0.4) is 0 Å². The molecule has 2 fully saturated rings. The molecule has 38 heavy (non-hydrogen) atoms. The highest BCUT2D eigenvalue weighted by molar-refractivity contribution is 8.02. The van der Waals surface area contributed by atoms with Crippen LogP contribution in [0, 0.1) is 17.8 Å². The Kier molecular flexibility index (Phi) is 7.44. The third-order valence-electron chi connectivity index (χ3n) is 8.40. The van der Waals surface area contributed by atoms with Gasteiger partial charge in [-0.3, -0.25) is 14.4 Å². The fraction of sp³-hybridized carbons (Fsp3) is 0.552. The number of thioether (sulfide) groups is 1. The smallest absolute Gasteiger partial charge is 0.311 e. The van der Waals surface area contributed by atoms with Gasteiger partial charge in [-0.05, 0) is 44.2 Å². The Balaban J connectivity index is 1.70. The molecule has 1 unspecified atom stereocenters. The first kappa shape index (κ1) is 27.3. The van der Waals surface area contributed by atoms with Gasteiger partial charge in [-0.2, -0.15) is 0 Å². The van der Waals surface area contributed by atoms with Gasteiger partial charge in [0, 0.05) is 11.3 Å². The first-order chi connectivity index (χ1) is 18.2. The van der Waals surface area contributed by atoms with E-state index in [4.69, 9.17) is 16.3 Å². The van der Waals surface area contributed by atoms with Crippen molar-refractivity contribution in [1.29, 1.82) is 0 Å². The predicted octanol–water partition coefficient (Wildman–Crippen LogP) is 4.23. The second kappa shape index (κ2) is 10.4. The molecule has 4 heterocycles. The second-order valence-electron chi connectivity index (χ2n) is 11.1. The standard InChI is InChI=1S/C29H35ClN2O5S/c1-18(2)21(17-33)32-24-26(35)31(20-12-7-6-11-19(20)30)15-10-14-29(24)22(25(32)34)23-27(36)37-16-9-5-4-8-13-28(23,3)38-29/h6-8,10-14,18,21-24,33H,4-5,9,15-17H2,1-3H3/b13-8-/t21-,22-,23-,24?,28+,29-/m0/s1. The van der Waals surface area contributed by atoms with E-state index in [-0.39, 0.29) is 30.9 Å². The van der Waals surface area contributed by atoms with Crippen molar-refractivity contribution in [2.45, 2.75) is 61.6 Å². The number of rotatable bonds is 4. The van der Waals surface area contributed by atoms with Crippen molar-refractivity contribution in [2.75, 3.05) is 24.7 Å². The summed E-state index contributed by atoms with van der Waals surface area (Å²) in [7, 11) is 0. The molecule has 1 aromatic carbocycles. The molecule has 0 bridgehead atoms. The quantitative estimate of drug-likeness (QED) is 0.439. The van der Waals surface area contributed by atoms with Crippen LogP contribution in [0.5, 0.6) is 0 Å². The van der Waals surface area contributed by atoms with Gasteiger partial charge in [-0.1, -0.05) is 61.9 Å². The fourth-order valence-electron chi connectivity index (χ4n) is 6.60. The lowest BCUT2D eigenvalue weighted by atomic mass is 9.74. The number of anilines is 1. The second-order valence-corrected chi connectivity index (χ2v) is 13.3. The number of para-hydroxylation sites is 1. The van der Waals surface area contributed by atoms with Gasteiger partial charge >= 0.3 is 5.97 Å². The maximum atomic E-state index is 14.6. The van der Waals surface area contributed by atoms with Crippen molar-refractivity contribution in [3.63, 3.8) is 0 Å². The summed E-state index contributed by atoms with van der Waals surface area (Å²) in [5.41, 5.74) is 0.564. The summed E-state index contributed by atoms with van der Waals surface area (Å²) in [5, 5.41) is 10.9. The Morgan fingerprint density at radius 3 is 2.58 bits per heavy atom. The third kappa shape index (κ3) is 4.20. The molecule has 2 saturated heterocycles. The Morgan fingerprint density at radius 2 is 1.87 bits per heavy atom. The topological polar surface area (TPSA) is 87.2 Å². The fourth-order valence-corrected chi connectivity index (χ4v) is 8.98. The number of allylic oxidation sites excluding steroid dienone is 1. The van der Waals surface area contributed by atoms with Crippen LogP contribution in [0.4, 0.5) is 5.69 Å². The lowest BCUT2D eigenvalue weighted by Gasteiger charge is -2.41. The monoisotopic (exact) mass is 558 g/mol. The van der Waals surface area contributed by atoms with Crippen LogP contribution in [0.15, 0.2) is 48.6 Å². The van der Waals surface area contributed by atoms with E-state index in [0.717, 1.165) is 19.3 Å². The van der Waals surface area contributed by atoms with E-state index in [9.17, 15) is 19.5 Å². The third-order valence-corrected chi connectivity index (χ3v) is 10.5. The number of cyclic esters (lactones) is 1. The number of aliphatic hydroxyl groups excluding tert-OH is 1. The number of fused-ring (bicyclic) bond motifs is 2. The molecule has 204 valence electrons. The molecule has 5 rings (SSSR count). The first-order valence-electron chi connectivity index (χ1n) is 13.4. The van der Waals surface area contributed by atoms with Crippen LogP contribution < -0.4 is 4.90 Å². The molecular weight excluding hydrogens is 524 g/mol. The van der Waals surface area contributed by atoms with Crippen LogP contribution in [-0.4, -0.2) is 69.1 Å². The van der Waals surface area contributed by atoms with Gasteiger partial charge in [-0.25, -0.2) is 0 Å². The molecule has 1 spiro atoms. The summed E-state index contributed by atoms with van der Waals surface area (Å²) in [6, 6.07) is 5.65. The van der Waals surface area contributed by atoms with Gasteiger partial charge in [0.2, 0.25) is 5.91 Å². The number of halogens is 1. The van der Waals surface area contributed by atoms with Gasteiger partial charge in [0.25, 0.3) is 5.91 Å². The average Bonchev–Trinajstić information content (AvgIpc) is 3.20. The number of nitrogens with zero attached hydrogens (tertiary/aromatic N) is 2. The molecule has 9 heteroatoms. The van der Waals surface area contributed by atoms with Crippen molar-refractivity contribution in [2.24, 2.45) is 17.8 Å². The largest absolute Gasteiger partial charge is 0.465 e. The van der Waals surface area contributed by atoms with Crippen LogP contribution in [0.25, 0.3) is 0 Å². The summed E-state index contributed by atoms with van der Waals surface area (Å²) in [6.45, 7) is 6.13. The van der Waals surface area contributed by atoms with E-state index in [1.165, 1.54) is 11.8 Å². The maximum absolute atomic E-state index is 14.6. The molecule has 0 saturated carbocycles.